The molecule has 1 aliphatic rings. The lowest BCUT2D eigenvalue weighted by Crippen LogP contribution is -2.50. The second kappa shape index (κ2) is 6.84. The van der Waals surface area contributed by atoms with Gasteiger partial charge in [0, 0.05) is 33.1 Å². The molecule has 2 amide bonds. The zero-order valence-corrected chi connectivity index (χ0v) is 14.6. The second-order valence-corrected chi connectivity index (χ2v) is 6.26. The molecule has 2 aromatic rings. The Morgan fingerprint density at radius 2 is 1.84 bits per heavy atom. The van der Waals surface area contributed by atoms with Crippen LogP contribution in [0.2, 0.25) is 5.02 Å². The average molecular weight is 366 g/mol. The quantitative estimate of drug-likeness (QED) is 0.820. The van der Waals surface area contributed by atoms with Crippen LogP contribution in [-0.2, 0) is 4.79 Å². The molecule has 6 nitrogen and oxygen atoms in total. The number of carbonyl (C=O) groups is 2. The van der Waals surface area contributed by atoms with Crippen molar-refractivity contribution in [3.63, 3.8) is 0 Å². The van der Waals surface area contributed by atoms with Gasteiger partial charge in [0.05, 0.1) is 10.6 Å². The first-order chi connectivity index (χ1) is 11.9. The Kier molecular flexibility index (Phi) is 4.76. The average Bonchev–Trinajstić information content (AvgIpc) is 2.95. The molecule has 25 heavy (non-hydrogen) atoms. The second-order valence-electron chi connectivity index (χ2n) is 5.86. The van der Waals surface area contributed by atoms with Crippen LogP contribution in [0.4, 0.5) is 4.39 Å². The number of rotatable bonds is 2. The lowest BCUT2D eigenvalue weighted by Gasteiger charge is -2.34. The highest BCUT2D eigenvalue weighted by Crippen LogP contribution is 2.34. The van der Waals surface area contributed by atoms with Gasteiger partial charge >= 0.3 is 0 Å². The number of aromatic nitrogens is 1. The van der Waals surface area contributed by atoms with E-state index in [1.807, 2.05) is 0 Å². The third kappa shape index (κ3) is 3.24. The van der Waals surface area contributed by atoms with Crippen LogP contribution in [0, 0.1) is 12.7 Å². The van der Waals surface area contributed by atoms with E-state index in [-0.39, 0.29) is 33.7 Å². The van der Waals surface area contributed by atoms with E-state index in [1.165, 1.54) is 25.1 Å². The van der Waals surface area contributed by atoms with Crippen LogP contribution in [0.1, 0.15) is 23.0 Å². The molecule has 1 aliphatic heterocycles. The van der Waals surface area contributed by atoms with Crippen molar-refractivity contribution in [3.05, 3.63) is 40.4 Å². The fourth-order valence-electron chi connectivity index (χ4n) is 2.90. The Balaban J connectivity index is 1.93. The third-order valence-corrected chi connectivity index (χ3v) is 4.60. The predicted octanol–water partition coefficient (Wildman–Crippen LogP) is 2.75. The van der Waals surface area contributed by atoms with Crippen LogP contribution in [0.5, 0.6) is 0 Å². The molecule has 1 fully saturated rings. The summed E-state index contributed by atoms with van der Waals surface area (Å²) in [7, 11) is 0. The van der Waals surface area contributed by atoms with Crippen molar-refractivity contribution >= 4 is 23.4 Å². The summed E-state index contributed by atoms with van der Waals surface area (Å²) in [5.74, 6) is -0.604. The molecule has 0 radical (unpaired) electrons. The van der Waals surface area contributed by atoms with Crippen LogP contribution >= 0.6 is 11.6 Å². The van der Waals surface area contributed by atoms with Gasteiger partial charge in [0.1, 0.15) is 22.8 Å². The molecule has 1 aromatic heterocycles. The zero-order chi connectivity index (χ0) is 18.1. The van der Waals surface area contributed by atoms with Crippen molar-refractivity contribution in [3.8, 4) is 11.3 Å². The monoisotopic (exact) mass is 365 g/mol. The molecule has 132 valence electrons. The van der Waals surface area contributed by atoms with E-state index >= 15 is 0 Å². The third-order valence-electron chi connectivity index (χ3n) is 4.29. The van der Waals surface area contributed by atoms with Gasteiger partial charge in [-0.2, -0.15) is 0 Å². The summed E-state index contributed by atoms with van der Waals surface area (Å²) >= 11 is 6.10. The van der Waals surface area contributed by atoms with E-state index in [9.17, 15) is 14.0 Å². The molecule has 8 heteroatoms. The molecule has 0 spiro atoms. The summed E-state index contributed by atoms with van der Waals surface area (Å²) in [5.41, 5.74) is 0.342. The van der Waals surface area contributed by atoms with E-state index in [1.54, 1.807) is 16.7 Å². The zero-order valence-electron chi connectivity index (χ0n) is 13.9. The Morgan fingerprint density at radius 1 is 1.20 bits per heavy atom. The number of hydrogen-bond donors (Lipinski definition) is 0. The molecule has 0 atom stereocenters. The number of aryl methyl sites for hydroxylation is 1. The highest BCUT2D eigenvalue weighted by molar-refractivity contribution is 6.33. The number of piperazine rings is 1. The Hall–Kier alpha value is -2.41. The molecule has 0 N–H and O–H groups in total. The minimum absolute atomic E-state index is 0.0212. The fraction of sp³-hybridized carbons (Fsp3) is 0.353. The van der Waals surface area contributed by atoms with E-state index in [0.717, 1.165) is 0 Å². The van der Waals surface area contributed by atoms with Gasteiger partial charge in [0.15, 0.2) is 0 Å². The standard InChI is InChI=1S/C17H17ClFN3O3/c1-10-14(17(24)22-8-6-21(7-9-22)11(2)23)16(20-25-10)15-12(18)4-3-5-13(15)19/h3-5H,6-9H2,1-2H3. The Morgan fingerprint density at radius 3 is 2.44 bits per heavy atom. The first-order valence-corrected chi connectivity index (χ1v) is 8.23. The van der Waals surface area contributed by atoms with Crippen LogP contribution in [0.15, 0.2) is 22.7 Å². The first-order valence-electron chi connectivity index (χ1n) is 7.85. The SMILES string of the molecule is CC(=O)N1CCN(C(=O)c2c(-c3c(F)cccc3Cl)noc2C)CC1. The van der Waals surface area contributed by atoms with Gasteiger partial charge < -0.3 is 14.3 Å². The Bertz CT molecular complexity index is 808. The summed E-state index contributed by atoms with van der Waals surface area (Å²) in [6, 6.07) is 4.27. The Labute approximate surface area is 149 Å². The molecule has 3 rings (SSSR count). The van der Waals surface area contributed by atoms with Crippen molar-refractivity contribution < 1.29 is 18.5 Å². The molecule has 1 aromatic carbocycles. The van der Waals surface area contributed by atoms with E-state index < -0.39 is 5.82 Å². The number of hydrogen-bond acceptors (Lipinski definition) is 4. The van der Waals surface area contributed by atoms with Gasteiger partial charge in [-0.15, -0.1) is 0 Å². The highest BCUT2D eigenvalue weighted by atomic mass is 35.5. The number of benzene rings is 1. The first kappa shape index (κ1) is 17.4. The van der Waals surface area contributed by atoms with Gasteiger partial charge in [-0.05, 0) is 19.1 Å². The normalized spacial score (nSPS) is 14.7. The number of nitrogens with zero attached hydrogens (tertiary/aromatic N) is 3. The maximum Gasteiger partial charge on any atom is 0.259 e. The largest absolute Gasteiger partial charge is 0.360 e. The van der Waals surface area contributed by atoms with Gasteiger partial charge in [-0.1, -0.05) is 22.8 Å². The number of halogens is 2. The summed E-state index contributed by atoms with van der Waals surface area (Å²) in [6.07, 6.45) is 0. The summed E-state index contributed by atoms with van der Waals surface area (Å²) in [4.78, 5) is 27.6. The van der Waals surface area contributed by atoms with Crippen molar-refractivity contribution in [1.82, 2.24) is 15.0 Å². The molecule has 0 aliphatic carbocycles. The number of amides is 2. The minimum Gasteiger partial charge on any atom is -0.360 e. The topological polar surface area (TPSA) is 66.7 Å². The van der Waals surface area contributed by atoms with Gasteiger partial charge in [0.2, 0.25) is 5.91 Å². The fourth-order valence-corrected chi connectivity index (χ4v) is 3.15. The number of carbonyl (C=O) groups excluding carboxylic acids is 2. The molecule has 1 saturated heterocycles. The summed E-state index contributed by atoms with van der Waals surface area (Å²) < 4.78 is 19.4. The molecular formula is C17H17ClFN3O3. The molecular weight excluding hydrogens is 349 g/mol. The van der Waals surface area contributed by atoms with Crippen LogP contribution in [0.25, 0.3) is 11.3 Å². The van der Waals surface area contributed by atoms with Crippen LogP contribution in [0.3, 0.4) is 0 Å². The predicted molar refractivity (Wildman–Crippen MR) is 89.8 cm³/mol. The van der Waals surface area contributed by atoms with Crippen molar-refractivity contribution in [1.29, 1.82) is 0 Å². The van der Waals surface area contributed by atoms with E-state index in [0.29, 0.717) is 31.9 Å². The lowest BCUT2D eigenvalue weighted by atomic mass is 10.0. The van der Waals surface area contributed by atoms with Crippen molar-refractivity contribution in [2.75, 3.05) is 26.2 Å². The molecule has 0 saturated carbocycles. The van der Waals surface area contributed by atoms with E-state index in [4.69, 9.17) is 16.1 Å². The van der Waals surface area contributed by atoms with Gasteiger partial charge in [-0.25, -0.2) is 4.39 Å². The maximum absolute atomic E-state index is 14.2. The molecule has 2 heterocycles. The lowest BCUT2D eigenvalue weighted by molar-refractivity contribution is -0.130. The summed E-state index contributed by atoms with van der Waals surface area (Å²) in [6.45, 7) is 4.81. The molecule has 0 bridgehead atoms. The maximum atomic E-state index is 14.2. The summed E-state index contributed by atoms with van der Waals surface area (Å²) in [5, 5.41) is 4.01. The smallest absolute Gasteiger partial charge is 0.259 e. The van der Waals surface area contributed by atoms with Crippen LogP contribution < -0.4 is 0 Å². The van der Waals surface area contributed by atoms with Gasteiger partial charge in [-0.3, -0.25) is 9.59 Å². The minimum atomic E-state index is -0.573. The van der Waals surface area contributed by atoms with E-state index in [2.05, 4.69) is 5.16 Å². The highest BCUT2D eigenvalue weighted by Gasteiger charge is 2.30. The molecule has 0 unspecified atom stereocenters. The van der Waals surface area contributed by atoms with Crippen LogP contribution in [-0.4, -0.2) is 52.9 Å². The van der Waals surface area contributed by atoms with Crippen molar-refractivity contribution in [2.24, 2.45) is 0 Å². The van der Waals surface area contributed by atoms with Gasteiger partial charge in [0.25, 0.3) is 5.91 Å². The van der Waals surface area contributed by atoms with Crippen molar-refractivity contribution in [2.45, 2.75) is 13.8 Å².